The molecule has 1 aromatic heterocycles. The van der Waals surface area contributed by atoms with Gasteiger partial charge in [0.15, 0.2) is 5.78 Å². The standard InChI is InChI=1S/C21H19F2N3O3S/c1-14(27)15-2-4-16(5-3-15)30(28,29)26-12-10-25(11-13-26)19-8-9-24-21-18(23)7-6-17(22)20(19)21/h2-9H,10-13H2,1H3. The zero-order valence-electron chi connectivity index (χ0n) is 16.2. The van der Waals surface area contributed by atoms with Gasteiger partial charge in [0, 0.05) is 37.9 Å². The summed E-state index contributed by atoms with van der Waals surface area (Å²) in [5.74, 6) is -1.32. The number of ketones is 1. The van der Waals surface area contributed by atoms with E-state index in [1.165, 1.54) is 41.7 Å². The summed E-state index contributed by atoms with van der Waals surface area (Å²) < 4.78 is 55.6. The van der Waals surface area contributed by atoms with Gasteiger partial charge in [-0.05, 0) is 37.3 Å². The topological polar surface area (TPSA) is 70.6 Å². The van der Waals surface area contributed by atoms with Crippen LogP contribution in [0.3, 0.4) is 0 Å². The number of fused-ring (bicyclic) bond motifs is 1. The van der Waals surface area contributed by atoms with Crippen molar-refractivity contribution in [3.63, 3.8) is 0 Å². The Bertz CT molecular complexity index is 1220. The number of carbonyl (C=O) groups excluding carboxylic acids is 1. The average Bonchev–Trinajstić information content (AvgIpc) is 2.76. The lowest BCUT2D eigenvalue weighted by Crippen LogP contribution is -2.48. The molecule has 3 aromatic rings. The number of rotatable bonds is 4. The second-order valence-electron chi connectivity index (χ2n) is 7.05. The highest BCUT2D eigenvalue weighted by Crippen LogP contribution is 2.30. The Morgan fingerprint density at radius 1 is 0.933 bits per heavy atom. The first-order valence-electron chi connectivity index (χ1n) is 9.38. The quantitative estimate of drug-likeness (QED) is 0.594. The first-order chi connectivity index (χ1) is 14.3. The van der Waals surface area contributed by atoms with Gasteiger partial charge in [-0.3, -0.25) is 9.78 Å². The number of aromatic nitrogens is 1. The van der Waals surface area contributed by atoms with Crippen LogP contribution in [-0.4, -0.2) is 49.7 Å². The highest BCUT2D eigenvalue weighted by molar-refractivity contribution is 7.89. The molecular formula is C21H19F2N3O3S. The van der Waals surface area contributed by atoms with Crippen molar-refractivity contribution in [3.05, 3.63) is 65.9 Å². The molecular weight excluding hydrogens is 412 g/mol. The zero-order chi connectivity index (χ0) is 21.5. The summed E-state index contributed by atoms with van der Waals surface area (Å²) >= 11 is 0. The number of benzene rings is 2. The van der Waals surface area contributed by atoms with E-state index in [2.05, 4.69) is 4.98 Å². The minimum absolute atomic E-state index is 0.0480. The van der Waals surface area contributed by atoms with E-state index < -0.39 is 21.7 Å². The van der Waals surface area contributed by atoms with E-state index in [0.29, 0.717) is 24.3 Å². The molecule has 156 valence electrons. The lowest BCUT2D eigenvalue weighted by Gasteiger charge is -2.35. The molecule has 0 aliphatic carbocycles. The van der Waals surface area contributed by atoms with Crippen molar-refractivity contribution in [1.82, 2.24) is 9.29 Å². The monoisotopic (exact) mass is 431 g/mol. The molecule has 0 amide bonds. The Kier molecular flexibility index (Phi) is 5.25. The first-order valence-corrected chi connectivity index (χ1v) is 10.8. The third-order valence-corrected chi connectivity index (χ3v) is 7.16. The Morgan fingerprint density at radius 3 is 2.20 bits per heavy atom. The molecule has 9 heteroatoms. The average molecular weight is 431 g/mol. The second-order valence-corrected chi connectivity index (χ2v) is 8.99. The minimum Gasteiger partial charge on any atom is -0.368 e. The van der Waals surface area contributed by atoms with Crippen molar-refractivity contribution in [1.29, 1.82) is 0 Å². The van der Waals surface area contributed by atoms with Crippen molar-refractivity contribution < 1.29 is 22.0 Å². The summed E-state index contributed by atoms with van der Waals surface area (Å²) in [6.45, 7) is 2.44. The number of hydrogen-bond donors (Lipinski definition) is 0. The summed E-state index contributed by atoms with van der Waals surface area (Å²) in [5.41, 5.74) is 0.880. The third-order valence-electron chi connectivity index (χ3n) is 5.25. The number of nitrogens with zero attached hydrogens (tertiary/aromatic N) is 3. The molecule has 1 aliphatic rings. The van der Waals surface area contributed by atoms with Crippen LogP contribution >= 0.6 is 0 Å². The molecule has 1 saturated heterocycles. The van der Waals surface area contributed by atoms with Crippen molar-refractivity contribution in [3.8, 4) is 0 Å². The van der Waals surface area contributed by atoms with Gasteiger partial charge >= 0.3 is 0 Å². The minimum atomic E-state index is -3.72. The number of pyridine rings is 1. The second kappa shape index (κ2) is 7.73. The van der Waals surface area contributed by atoms with Crippen LogP contribution in [0.25, 0.3) is 10.9 Å². The molecule has 1 fully saturated rings. The van der Waals surface area contributed by atoms with Crippen LogP contribution in [0.15, 0.2) is 53.6 Å². The van der Waals surface area contributed by atoms with Crippen LogP contribution in [0.4, 0.5) is 14.5 Å². The number of anilines is 1. The van der Waals surface area contributed by atoms with E-state index >= 15 is 0 Å². The lowest BCUT2D eigenvalue weighted by atomic mass is 10.1. The normalized spacial score (nSPS) is 15.5. The number of Topliss-reactive ketones (excluding diaryl/α,β-unsaturated/α-hetero) is 1. The Morgan fingerprint density at radius 2 is 1.57 bits per heavy atom. The zero-order valence-corrected chi connectivity index (χ0v) is 17.0. The van der Waals surface area contributed by atoms with Crippen molar-refractivity contribution >= 4 is 32.4 Å². The molecule has 2 heterocycles. The first kappa shape index (κ1) is 20.4. The summed E-state index contributed by atoms with van der Waals surface area (Å²) in [6.07, 6.45) is 1.42. The smallest absolute Gasteiger partial charge is 0.243 e. The summed E-state index contributed by atoms with van der Waals surface area (Å²) in [4.78, 5) is 17.3. The van der Waals surface area contributed by atoms with Crippen LogP contribution in [0.1, 0.15) is 17.3 Å². The van der Waals surface area contributed by atoms with E-state index in [0.717, 1.165) is 12.1 Å². The highest BCUT2D eigenvalue weighted by Gasteiger charge is 2.29. The summed E-state index contributed by atoms with van der Waals surface area (Å²) in [5, 5.41) is 0.0913. The molecule has 0 bridgehead atoms. The predicted octanol–water partition coefficient (Wildman–Crippen LogP) is 3.23. The largest absolute Gasteiger partial charge is 0.368 e. The number of halogens is 2. The van der Waals surface area contributed by atoms with Crippen LogP contribution in [0.2, 0.25) is 0 Å². The number of carbonyl (C=O) groups is 1. The summed E-state index contributed by atoms with van der Waals surface area (Å²) in [7, 11) is -3.72. The number of piperazine rings is 1. The fourth-order valence-electron chi connectivity index (χ4n) is 3.62. The van der Waals surface area contributed by atoms with Crippen LogP contribution in [0.5, 0.6) is 0 Å². The molecule has 4 rings (SSSR count). The Balaban J connectivity index is 1.56. The van der Waals surface area contributed by atoms with Gasteiger partial charge in [0.2, 0.25) is 10.0 Å². The molecule has 0 saturated carbocycles. The van der Waals surface area contributed by atoms with E-state index in [4.69, 9.17) is 0 Å². The maximum Gasteiger partial charge on any atom is 0.243 e. The van der Waals surface area contributed by atoms with Gasteiger partial charge in [0.05, 0.1) is 16.0 Å². The molecule has 0 atom stereocenters. The van der Waals surface area contributed by atoms with Crippen LogP contribution in [-0.2, 0) is 10.0 Å². The van der Waals surface area contributed by atoms with Crippen molar-refractivity contribution in [2.75, 3.05) is 31.1 Å². The predicted molar refractivity (Wildman–Crippen MR) is 109 cm³/mol. The number of sulfonamides is 1. The Hall–Kier alpha value is -2.91. The van der Waals surface area contributed by atoms with Gasteiger partial charge in [-0.25, -0.2) is 17.2 Å². The highest BCUT2D eigenvalue weighted by atomic mass is 32.2. The van der Waals surface area contributed by atoms with Gasteiger partial charge in [-0.1, -0.05) is 12.1 Å². The molecule has 0 N–H and O–H groups in total. The molecule has 2 aromatic carbocycles. The lowest BCUT2D eigenvalue weighted by molar-refractivity contribution is 0.101. The molecule has 0 spiro atoms. The van der Waals surface area contributed by atoms with Gasteiger partial charge in [-0.15, -0.1) is 0 Å². The maximum atomic E-state index is 14.4. The van der Waals surface area contributed by atoms with Crippen molar-refractivity contribution in [2.24, 2.45) is 0 Å². The van der Waals surface area contributed by atoms with Crippen molar-refractivity contribution in [2.45, 2.75) is 11.8 Å². The number of hydrogen-bond acceptors (Lipinski definition) is 5. The molecule has 6 nitrogen and oxygen atoms in total. The third kappa shape index (κ3) is 3.54. The maximum absolute atomic E-state index is 14.4. The van der Waals surface area contributed by atoms with E-state index in [1.807, 2.05) is 4.90 Å². The fourth-order valence-corrected chi connectivity index (χ4v) is 5.04. The van der Waals surface area contributed by atoms with Gasteiger partial charge < -0.3 is 4.90 Å². The van der Waals surface area contributed by atoms with E-state index in [1.54, 1.807) is 6.07 Å². The van der Waals surface area contributed by atoms with E-state index in [9.17, 15) is 22.0 Å². The molecule has 0 radical (unpaired) electrons. The van der Waals surface area contributed by atoms with Gasteiger partial charge in [-0.2, -0.15) is 4.31 Å². The van der Waals surface area contributed by atoms with E-state index in [-0.39, 0.29) is 34.7 Å². The Labute approximate surface area is 172 Å². The van der Waals surface area contributed by atoms with Crippen LogP contribution < -0.4 is 4.90 Å². The molecule has 1 aliphatic heterocycles. The van der Waals surface area contributed by atoms with Gasteiger partial charge in [0.25, 0.3) is 0 Å². The fraction of sp³-hybridized carbons (Fsp3) is 0.238. The van der Waals surface area contributed by atoms with Gasteiger partial charge in [0.1, 0.15) is 17.2 Å². The SMILES string of the molecule is CC(=O)c1ccc(S(=O)(=O)N2CCN(c3ccnc4c(F)ccc(F)c34)CC2)cc1. The molecule has 30 heavy (non-hydrogen) atoms. The molecule has 0 unspecified atom stereocenters. The summed E-state index contributed by atoms with van der Waals surface area (Å²) in [6, 6.07) is 9.54. The van der Waals surface area contributed by atoms with Crippen LogP contribution in [0, 0.1) is 11.6 Å².